The predicted octanol–water partition coefficient (Wildman–Crippen LogP) is 2.54. The van der Waals surface area contributed by atoms with Crippen molar-refractivity contribution in [2.45, 2.75) is 32.7 Å². The van der Waals surface area contributed by atoms with E-state index in [1.165, 1.54) is 0 Å². The van der Waals surface area contributed by atoms with Crippen molar-refractivity contribution in [1.29, 1.82) is 0 Å². The highest BCUT2D eigenvalue weighted by molar-refractivity contribution is 6.31. The molecule has 0 radical (unpaired) electrons. The van der Waals surface area contributed by atoms with Crippen LogP contribution in [0.5, 0.6) is 0 Å². The molecule has 0 spiro atoms. The SMILES string of the molecule is Cc1c(Cl)cccc1C(=O)NC(C)CCCO. The third kappa shape index (κ3) is 4.02. The van der Waals surface area contributed by atoms with Crippen LogP contribution in [0, 0.1) is 6.92 Å². The molecule has 94 valence electrons. The number of hydrogen-bond donors (Lipinski definition) is 2. The maximum Gasteiger partial charge on any atom is 0.251 e. The van der Waals surface area contributed by atoms with Gasteiger partial charge in [0.05, 0.1) is 0 Å². The van der Waals surface area contributed by atoms with Crippen LogP contribution >= 0.6 is 11.6 Å². The van der Waals surface area contributed by atoms with Crippen LogP contribution in [0.15, 0.2) is 18.2 Å². The summed E-state index contributed by atoms with van der Waals surface area (Å²) in [6.07, 6.45) is 1.46. The summed E-state index contributed by atoms with van der Waals surface area (Å²) in [7, 11) is 0. The van der Waals surface area contributed by atoms with E-state index in [9.17, 15) is 4.79 Å². The summed E-state index contributed by atoms with van der Waals surface area (Å²) in [4.78, 5) is 12.0. The highest BCUT2D eigenvalue weighted by Crippen LogP contribution is 2.18. The first-order chi connectivity index (χ1) is 8.06. The average Bonchev–Trinajstić information content (AvgIpc) is 2.29. The van der Waals surface area contributed by atoms with Crippen molar-refractivity contribution in [1.82, 2.24) is 5.32 Å². The first-order valence-corrected chi connectivity index (χ1v) is 6.11. The van der Waals surface area contributed by atoms with Gasteiger partial charge in [0.2, 0.25) is 0 Å². The van der Waals surface area contributed by atoms with Gasteiger partial charge in [0.15, 0.2) is 0 Å². The molecular formula is C13H18ClNO2. The Balaban J connectivity index is 2.67. The molecule has 0 aliphatic heterocycles. The van der Waals surface area contributed by atoms with Gasteiger partial charge in [-0.05, 0) is 44.4 Å². The van der Waals surface area contributed by atoms with Crippen LogP contribution in [-0.4, -0.2) is 23.7 Å². The Labute approximate surface area is 107 Å². The van der Waals surface area contributed by atoms with Crippen LogP contribution in [0.1, 0.15) is 35.7 Å². The van der Waals surface area contributed by atoms with Crippen molar-refractivity contribution in [2.24, 2.45) is 0 Å². The van der Waals surface area contributed by atoms with Crippen LogP contribution in [-0.2, 0) is 0 Å². The first-order valence-electron chi connectivity index (χ1n) is 5.73. The number of rotatable bonds is 5. The number of benzene rings is 1. The topological polar surface area (TPSA) is 49.3 Å². The number of aliphatic hydroxyl groups excluding tert-OH is 1. The zero-order valence-electron chi connectivity index (χ0n) is 10.2. The van der Waals surface area contributed by atoms with E-state index in [0.717, 1.165) is 12.0 Å². The first kappa shape index (κ1) is 14.0. The van der Waals surface area contributed by atoms with Gasteiger partial charge in [0.1, 0.15) is 0 Å². The predicted molar refractivity (Wildman–Crippen MR) is 69.4 cm³/mol. The van der Waals surface area contributed by atoms with Gasteiger partial charge in [-0.15, -0.1) is 0 Å². The Hall–Kier alpha value is -1.06. The van der Waals surface area contributed by atoms with E-state index in [1.54, 1.807) is 18.2 Å². The highest BCUT2D eigenvalue weighted by Gasteiger charge is 2.12. The summed E-state index contributed by atoms with van der Waals surface area (Å²) in [5, 5.41) is 12.2. The molecule has 0 aromatic heterocycles. The molecule has 0 heterocycles. The number of amides is 1. The number of nitrogens with one attached hydrogen (secondary N) is 1. The summed E-state index contributed by atoms with van der Waals surface area (Å²) >= 11 is 5.97. The molecule has 0 bridgehead atoms. The number of hydrogen-bond acceptors (Lipinski definition) is 2. The molecule has 1 rings (SSSR count). The summed E-state index contributed by atoms with van der Waals surface area (Å²) in [5.41, 5.74) is 1.40. The molecule has 17 heavy (non-hydrogen) atoms. The van der Waals surface area contributed by atoms with E-state index in [1.807, 2.05) is 13.8 Å². The Morgan fingerprint density at radius 2 is 2.24 bits per heavy atom. The van der Waals surface area contributed by atoms with E-state index >= 15 is 0 Å². The lowest BCUT2D eigenvalue weighted by Crippen LogP contribution is -2.33. The monoisotopic (exact) mass is 255 g/mol. The van der Waals surface area contributed by atoms with Crippen LogP contribution in [0.3, 0.4) is 0 Å². The average molecular weight is 256 g/mol. The third-order valence-corrected chi connectivity index (χ3v) is 3.09. The molecule has 1 unspecified atom stereocenters. The van der Waals surface area contributed by atoms with Crippen LogP contribution in [0.4, 0.5) is 0 Å². The zero-order valence-corrected chi connectivity index (χ0v) is 10.9. The molecule has 0 fully saturated rings. The molecule has 1 aromatic carbocycles. The minimum absolute atomic E-state index is 0.0491. The van der Waals surface area contributed by atoms with Crippen LogP contribution in [0.25, 0.3) is 0 Å². The second kappa shape index (κ2) is 6.62. The summed E-state index contributed by atoms with van der Waals surface area (Å²) in [6.45, 7) is 3.90. The number of aliphatic hydroxyl groups is 1. The van der Waals surface area contributed by atoms with Gasteiger partial charge in [-0.1, -0.05) is 17.7 Å². The highest BCUT2D eigenvalue weighted by atomic mass is 35.5. The minimum atomic E-state index is -0.115. The Morgan fingerprint density at radius 1 is 1.53 bits per heavy atom. The van der Waals surface area contributed by atoms with Crippen LogP contribution in [0.2, 0.25) is 5.02 Å². The van der Waals surface area contributed by atoms with Crippen molar-refractivity contribution in [2.75, 3.05) is 6.61 Å². The molecular weight excluding hydrogens is 238 g/mol. The van der Waals surface area contributed by atoms with Gasteiger partial charge in [-0.2, -0.15) is 0 Å². The van der Waals surface area contributed by atoms with Gasteiger partial charge in [-0.3, -0.25) is 4.79 Å². The Morgan fingerprint density at radius 3 is 2.88 bits per heavy atom. The maximum absolute atomic E-state index is 12.0. The lowest BCUT2D eigenvalue weighted by atomic mass is 10.1. The molecule has 1 atom stereocenters. The molecule has 1 amide bonds. The van der Waals surface area contributed by atoms with Gasteiger partial charge >= 0.3 is 0 Å². The lowest BCUT2D eigenvalue weighted by Gasteiger charge is -2.14. The second-order valence-corrected chi connectivity index (χ2v) is 4.56. The largest absolute Gasteiger partial charge is 0.396 e. The molecule has 1 aromatic rings. The molecule has 0 aliphatic carbocycles. The smallest absolute Gasteiger partial charge is 0.251 e. The van der Waals surface area contributed by atoms with Crippen molar-refractivity contribution >= 4 is 17.5 Å². The van der Waals surface area contributed by atoms with Crippen molar-refractivity contribution in [3.8, 4) is 0 Å². The number of carbonyl (C=O) groups excluding carboxylic acids is 1. The normalized spacial score (nSPS) is 12.2. The zero-order chi connectivity index (χ0) is 12.8. The van der Waals surface area contributed by atoms with E-state index in [2.05, 4.69) is 5.32 Å². The second-order valence-electron chi connectivity index (χ2n) is 4.15. The fourth-order valence-electron chi connectivity index (χ4n) is 1.62. The van der Waals surface area contributed by atoms with E-state index in [0.29, 0.717) is 17.0 Å². The Kier molecular flexibility index (Phi) is 5.45. The van der Waals surface area contributed by atoms with E-state index in [4.69, 9.17) is 16.7 Å². The van der Waals surface area contributed by atoms with Gasteiger partial charge in [-0.25, -0.2) is 0 Å². The minimum Gasteiger partial charge on any atom is -0.396 e. The van der Waals surface area contributed by atoms with Gasteiger partial charge < -0.3 is 10.4 Å². The van der Waals surface area contributed by atoms with E-state index in [-0.39, 0.29) is 18.6 Å². The maximum atomic E-state index is 12.0. The fourth-order valence-corrected chi connectivity index (χ4v) is 1.80. The summed E-state index contributed by atoms with van der Waals surface area (Å²) in [5.74, 6) is -0.115. The number of halogens is 1. The fraction of sp³-hybridized carbons (Fsp3) is 0.462. The quantitative estimate of drug-likeness (QED) is 0.850. The molecule has 2 N–H and O–H groups in total. The molecule has 0 aliphatic rings. The lowest BCUT2D eigenvalue weighted by molar-refractivity contribution is 0.0936. The number of carbonyl (C=O) groups is 1. The standard InChI is InChI=1S/C13H18ClNO2/c1-9(5-4-8-16)15-13(17)11-6-3-7-12(14)10(11)2/h3,6-7,9,16H,4-5,8H2,1-2H3,(H,15,17). The van der Waals surface area contributed by atoms with Crippen molar-refractivity contribution < 1.29 is 9.90 Å². The molecule has 3 nitrogen and oxygen atoms in total. The summed E-state index contributed by atoms with van der Waals surface area (Å²) in [6, 6.07) is 5.34. The third-order valence-electron chi connectivity index (χ3n) is 2.69. The van der Waals surface area contributed by atoms with Crippen LogP contribution < -0.4 is 5.32 Å². The van der Waals surface area contributed by atoms with Crippen molar-refractivity contribution in [3.63, 3.8) is 0 Å². The van der Waals surface area contributed by atoms with Crippen molar-refractivity contribution in [3.05, 3.63) is 34.3 Å². The summed E-state index contributed by atoms with van der Waals surface area (Å²) < 4.78 is 0. The van der Waals surface area contributed by atoms with E-state index < -0.39 is 0 Å². The van der Waals surface area contributed by atoms with Gasteiger partial charge in [0, 0.05) is 23.2 Å². The Bertz CT molecular complexity index is 393. The molecule has 0 saturated heterocycles. The molecule has 0 saturated carbocycles. The van der Waals surface area contributed by atoms with Gasteiger partial charge in [0.25, 0.3) is 5.91 Å². The molecule has 4 heteroatoms.